The van der Waals surface area contributed by atoms with Crippen LogP contribution in [0.15, 0.2) is 47.1 Å². The maximum Gasteiger partial charge on any atom is 0.257 e. The summed E-state index contributed by atoms with van der Waals surface area (Å²) in [4.78, 5) is 23.9. The highest BCUT2D eigenvalue weighted by molar-refractivity contribution is 6.05. The smallest absolute Gasteiger partial charge is 0.257 e. The molecule has 27 heavy (non-hydrogen) atoms. The molecule has 0 unspecified atom stereocenters. The van der Waals surface area contributed by atoms with Crippen LogP contribution in [0.25, 0.3) is 0 Å². The van der Waals surface area contributed by atoms with Crippen LogP contribution >= 0.6 is 0 Å². The molecular weight excluding hydrogens is 349 g/mol. The number of carbonyl (C=O) groups is 2. The van der Waals surface area contributed by atoms with Crippen LogP contribution in [0.5, 0.6) is 0 Å². The first-order chi connectivity index (χ1) is 12.8. The van der Waals surface area contributed by atoms with Crippen molar-refractivity contribution in [1.29, 1.82) is 0 Å². The molecule has 0 aliphatic carbocycles. The average Bonchev–Trinajstić information content (AvgIpc) is 3.21. The van der Waals surface area contributed by atoms with Crippen molar-refractivity contribution in [2.24, 2.45) is 0 Å². The van der Waals surface area contributed by atoms with E-state index in [1.165, 1.54) is 25.1 Å². The molecule has 2 aromatic heterocycles. The van der Waals surface area contributed by atoms with Crippen molar-refractivity contribution >= 4 is 23.2 Å². The van der Waals surface area contributed by atoms with Crippen molar-refractivity contribution in [3.05, 3.63) is 71.2 Å². The Morgan fingerprint density at radius 1 is 1.15 bits per heavy atom. The maximum atomic E-state index is 13.8. The van der Waals surface area contributed by atoms with Gasteiger partial charge < -0.3 is 19.6 Å². The Bertz CT molecular complexity index is 990. The number of benzene rings is 1. The Balaban J connectivity index is 1.82. The van der Waals surface area contributed by atoms with Gasteiger partial charge >= 0.3 is 0 Å². The minimum absolute atomic E-state index is 0.0172. The Kier molecular flexibility index (Phi) is 5.12. The molecule has 0 fully saturated rings. The van der Waals surface area contributed by atoms with Gasteiger partial charge in [-0.3, -0.25) is 9.59 Å². The van der Waals surface area contributed by atoms with Crippen LogP contribution in [-0.2, 0) is 11.3 Å². The largest absolute Gasteiger partial charge is 0.467 e. The zero-order chi connectivity index (χ0) is 19.6. The number of rotatable bonds is 5. The van der Waals surface area contributed by atoms with Gasteiger partial charge in [0, 0.05) is 24.0 Å². The van der Waals surface area contributed by atoms with Crippen molar-refractivity contribution in [3.63, 3.8) is 0 Å². The number of anilines is 2. The standard InChI is InChI=1S/C20H20FN3O3/c1-12-9-17(13(2)24(12)11-16-5-4-8-27-16)20(26)23-15-6-7-18(21)19(10-15)22-14(3)25/h4-10H,11H2,1-3H3,(H,22,25)(H,23,26). The zero-order valence-electron chi connectivity index (χ0n) is 15.3. The highest BCUT2D eigenvalue weighted by Gasteiger charge is 2.17. The monoisotopic (exact) mass is 369 g/mol. The lowest BCUT2D eigenvalue weighted by molar-refractivity contribution is -0.114. The van der Waals surface area contributed by atoms with E-state index in [0.717, 1.165) is 17.1 Å². The second-order valence-corrected chi connectivity index (χ2v) is 6.28. The third kappa shape index (κ3) is 4.08. The van der Waals surface area contributed by atoms with E-state index in [2.05, 4.69) is 10.6 Å². The number of nitrogens with one attached hydrogen (secondary N) is 2. The van der Waals surface area contributed by atoms with Gasteiger partial charge in [-0.05, 0) is 50.2 Å². The SMILES string of the molecule is CC(=O)Nc1cc(NC(=O)c2cc(C)n(Cc3ccco3)c2C)ccc1F. The number of furan rings is 1. The van der Waals surface area contributed by atoms with Gasteiger partial charge in [0.15, 0.2) is 0 Å². The lowest BCUT2D eigenvalue weighted by Gasteiger charge is -2.10. The predicted molar refractivity (Wildman–Crippen MR) is 100 cm³/mol. The van der Waals surface area contributed by atoms with Gasteiger partial charge in [0.1, 0.15) is 11.6 Å². The number of halogens is 1. The van der Waals surface area contributed by atoms with Gasteiger partial charge in [-0.1, -0.05) is 0 Å². The number of hydrogen-bond donors (Lipinski definition) is 2. The fraction of sp³-hybridized carbons (Fsp3) is 0.200. The molecule has 0 radical (unpaired) electrons. The molecule has 0 aliphatic heterocycles. The third-order valence-corrected chi connectivity index (χ3v) is 4.25. The van der Waals surface area contributed by atoms with E-state index >= 15 is 0 Å². The van der Waals surface area contributed by atoms with Crippen LogP contribution in [0.1, 0.15) is 34.4 Å². The molecule has 140 valence electrons. The molecule has 3 rings (SSSR count). The maximum absolute atomic E-state index is 13.8. The quantitative estimate of drug-likeness (QED) is 0.711. The van der Waals surface area contributed by atoms with E-state index in [9.17, 15) is 14.0 Å². The number of carbonyl (C=O) groups excluding carboxylic acids is 2. The molecule has 0 bridgehead atoms. The molecule has 3 aromatic rings. The Hall–Kier alpha value is -3.35. The fourth-order valence-corrected chi connectivity index (χ4v) is 2.92. The van der Waals surface area contributed by atoms with Crippen molar-refractivity contribution in [1.82, 2.24) is 4.57 Å². The zero-order valence-corrected chi connectivity index (χ0v) is 15.3. The Labute approximate surface area is 156 Å². The highest BCUT2D eigenvalue weighted by atomic mass is 19.1. The van der Waals surface area contributed by atoms with Gasteiger partial charge in [0.25, 0.3) is 5.91 Å². The van der Waals surface area contributed by atoms with Gasteiger partial charge in [-0.2, -0.15) is 0 Å². The number of hydrogen-bond acceptors (Lipinski definition) is 3. The first kappa shape index (κ1) is 18.4. The average molecular weight is 369 g/mol. The van der Waals surface area contributed by atoms with Gasteiger partial charge in [0.2, 0.25) is 5.91 Å². The minimum Gasteiger partial charge on any atom is -0.467 e. The molecule has 1 aromatic carbocycles. The van der Waals surface area contributed by atoms with E-state index in [-0.39, 0.29) is 17.5 Å². The predicted octanol–water partition coefficient (Wildman–Crippen LogP) is 4.10. The molecule has 7 heteroatoms. The molecule has 0 saturated carbocycles. The number of nitrogens with zero attached hydrogens (tertiary/aromatic N) is 1. The Morgan fingerprint density at radius 2 is 1.93 bits per heavy atom. The van der Waals surface area contributed by atoms with E-state index in [1.807, 2.05) is 30.5 Å². The second-order valence-electron chi connectivity index (χ2n) is 6.28. The summed E-state index contributed by atoms with van der Waals surface area (Å²) in [5, 5.41) is 5.14. The first-order valence-electron chi connectivity index (χ1n) is 8.42. The molecule has 6 nitrogen and oxygen atoms in total. The van der Waals surface area contributed by atoms with Crippen molar-refractivity contribution in [2.75, 3.05) is 10.6 Å². The number of aromatic nitrogens is 1. The first-order valence-corrected chi connectivity index (χ1v) is 8.42. The minimum atomic E-state index is -0.570. The number of amides is 2. The van der Waals surface area contributed by atoms with Crippen LogP contribution in [-0.4, -0.2) is 16.4 Å². The van der Waals surface area contributed by atoms with E-state index in [0.29, 0.717) is 17.8 Å². The van der Waals surface area contributed by atoms with Crippen LogP contribution in [0.2, 0.25) is 0 Å². The summed E-state index contributed by atoms with van der Waals surface area (Å²) in [6.45, 7) is 5.59. The van der Waals surface area contributed by atoms with Crippen molar-refractivity contribution in [3.8, 4) is 0 Å². The molecular formula is C20H20FN3O3. The van der Waals surface area contributed by atoms with E-state index < -0.39 is 5.82 Å². The highest BCUT2D eigenvalue weighted by Crippen LogP contribution is 2.22. The molecule has 0 aliphatic rings. The molecule has 2 heterocycles. The van der Waals surface area contributed by atoms with Crippen LogP contribution < -0.4 is 10.6 Å². The lowest BCUT2D eigenvalue weighted by atomic mass is 10.2. The van der Waals surface area contributed by atoms with Crippen LogP contribution in [0.4, 0.5) is 15.8 Å². The summed E-state index contributed by atoms with van der Waals surface area (Å²) in [6, 6.07) is 9.52. The number of aryl methyl sites for hydroxylation is 1. The molecule has 0 saturated heterocycles. The molecule has 2 amide bonds. The van der Waals surface area contributed by atoms with Crippen molar-refractivity contribution in [2.45, 2.75) is 27.3 Å². The topological polar surface area (TPSA) is 76.3 Å². The summed E-state index contributed by atoms with van der Waals surface area (Å²) >= 11 is 0. The normalized spacial score (nSPS) is 10.7. The summed E-state index contributed by atoms with van der Waals surface area (Å²) in [5.74, 6) is -0.477. The van der Waals surface area contributed by atoms with Gasteiger partial charge in [-0.25, -0.2) is 4.39 Å². The molecule has 2 N–H and O–H groups in total. The van der Waals surface area contributed by atoms with Crippen molar-refractivity contribution < 1.29 is 18.4 Å². The summed E-state index contributed by atoms with van der Waals surface area (Å²) < 4.78 is 21.1. The van der Waals surface area contributed by atoms with E-state index in [4.69, 9.17) is 4.42 Å². The second kappa shape index (κ2) is 7.49. The summed E-state index contributed by atoms with van der Waals surface area (Å²) in [5.41, 5.74) is 2.65. The lowest BCUT2D eigenvalue weighted by Crippen LogP contribution is -2.14. The fourth-order valence-electron chi connectivity index (χ4n) is 2.92. The third-order valence-electron chi connectivity index (χ3n) is 4.25. The van der Waals surface area contributed by atoms with Crippen LogP contribution in [0.3, 0.4) is 0 Å². The van der Waals surface area contributed by atoms with Crippen LogP contribution in [0, 0.1) is 19.7 Å². The Morgan fingerprint density at radius 3 is 2.59 bits per heavy atom. The molecule has 0 atom stereocenters. The van der Waals surface area contributed by atoms with Gasteiger partial charge in [0.05, 0.1) is 24.1 Å². The molecule has 0 spiro atoms. The van der Waals surface area contributed by atoms with E-state index in [1.54, 1.807) is 12.3 Å². The van der Waals surface area contributed by atoms with Gasteiger partial charge in [-0.15, -0.1) is 0 Å². The summed E-state index contributed by atoms with van der Waals surface area (Å²) in [7, 11) is 0. The summed E-state index contributed by atoms with van der Waals surface area (Å²) in [6.07, 6.45) is 1.61.